The molecule has 1 unspecified atom stereocenters. The number of nitrogens with zero attached hydrogens (tertiary/aromatic N) is 1. The summed E-state index contributed by atoms with van der Waals surface area (Å²) in [7, 11) is 0. The second kappa shape index (κ2) is 8.59. The zero-order valence-corrected chi connectivity index (χ0v) is 19.3. The zero-order valence-electron chi connectivity index (χ0n) is 19.3. The van der Waals surface area contributed by atoms with Gasteiger partial charge in [0.25, 0.3) is 0 Å². The van der Waals surface area contributed by atoms with Crippen LogP contribution in [0.1, 0.15) is 75.6 Å². The molecule has 2 heterocycles. The average molecular weight is 452 g/mol. The van der Waals surface area contributed by atoms with Crippen molar-refractivity contribution in [1.29, 1.82) is 0 Å². The van der Waals surface area contributed by atoms with E-state index < -0.39 is 0 Å². The fraction of sp³-hybridized carbons (Fsp3) is 0.367. The average Bonchev–Trinajstić information content (AvgIpc) is 3.68. The van der Waals surface area contributed by atoms with Crippen molar-refractivity contribution in [2.24, 2.45) is 5.92 Å². The molecule has 0 N–H and O–H groups in total. The van der Waals surface area contributed by atoms with E-state index in [1.165, 1.54) is 24.0 Å². The van der Waals surface area contributed by atoms with Crippen LogP contribution in [0.4, 0.5) is 0 Å². The lowest BCUT2D eigenvalue weighted by Crippen LogP contribution is -2.26. The first-order chi connectivity index (χ1) is 16.6. The summed E-state index contributed by atoms with van der Waals surface area (Å²) in [4.78, 5) is 29.1. The Hall–Kier alpha value is -3.11. The highest BCUT2D eigenvalue weighted by Crippen LogP contribution is 2.58. The number of carbonyl (C=O) groups is 2. The molecule has 34 heavy (non-hydrogen) atoms. The van der Waals surface area contributed by atoms with E-state index in [1.54, 1.807) is 0 Å². The van der Waals surface area contributed by atoms with E-state index >= 15 is 0 Å². The summed E-state index contributed by atoms with van der Waals surface area (Å²) in [5.41, 5.74) is 7.73. The summed E-state index contributed by atoms with van der Waals surface area (Å²) in [5, 5.41) is 0. The Labute approximate surface area is 200 Å². The van der Waals surface area contributed by atoms with E-state index in [2.05, 4.69) is 30.3 Å². The van der Waals surface area contributed by atoms with Crippen molar-refractivity contribution in [3.8, 4) is 11.1 Å². The molecule has 3 aromatic rings. The van der Waals surface area contributed by atoms with Gasteiger partial charge in [0.1, 0.15) is 6.29 Å². The summed E-state index contributed by atoms with van der Waals surface area (Å²) in [6.07, 6.45) is 8.96. The van der Waals surface area contributed by atoms with Gasteiger partial charge < -0.3 is 4.74 Å². The van der Waals surface area contributed by atoms with E-state index in [4.69, 9.17) is 9.72 Å². The molecule has 0 radical (unpaired) electrons. The van der Waals surface area contributed by atoms with Crippen molar-refractivity contribution in [1.82, 2.24) is 4.98 Å². The van der Waals surface area contributed by atoms with Crippen LogP contribution in [-0.2, 0) is 16.6 Å². The van der Waals surface area contributed by atoms with Crippen LogP contribution < -0.4 is 0 Å². The smallest absolute Gasteiger partial charge is 0.166 e. The van der Waals surface area contributed by atoms with Crippen molar-refractivity contribution in [2.45, 2.75) is 49.9 Å². The second-order valence-electron chi connectivity index (χ2n) is 10.2. The van der Waals surface area contributed by atoms with Crippen LogP contribution in [0.25, 0.3) is 11.1 Å². The molecule has 4 heteroatoms. The lowest BCUT2D eigenvalue weighted by Gasteiger charge is -2.32. The van der Waals surface area contributed by atoms with Crippen molar-refractivity contribution >= 4 is 12.1 Å². The molecule has 3 aliphatic rings. The topological polar surface area (TPSA) is 56.3 Å². The van der Waals surface area contributed by atoms with Gasteiger partial charge in [-0.3, -0.25) is 14.6 Å². The van der Waals surface area contributed by atoms with Crippen LogP contribution in [0, 0.1) is 5.92 Å². The maximum absolute atomic E-state index is 13.1. The molecular formula is C30H29NO3. The summed E-state index contributed by atoms with van der Waals surface area (Å²) in [5.74, 6) is 0.727. The summed E-state index contributed by atoms with van der Waals surface area (Å²) < 4.78 is 5.45. The Bertz CT molecular complexity index is 1240. The number of aromatic nitrogens is 1. The number of aldehydes is 1. The van der Waals surface area contributed by atoms with E-state index in [9.17, 15) is 9.59 Å². The predicted molar refractivity (Wildman–Crippen MR) is 131 cm³/mol. The van der Waals surface area contributed by atoms with Crippen molar-refractivity contribution < 1.29 is 14.3 Å². The largest absolute Gasteiger partial charge is 0.381 e. The number of ether oxygens (including phenoxy) is 1. The molecule has 0 amide bonds. The number of Topliss-reactive ketones (excluding diaryl/α,β-unsaturated/α-hetero) is 1. The summed E-state index contributed by atoms with van der Waals surface area (Å²) in [6, 6.07) is 18.4. The van der Waals surface area contributed by atoms with Gasteiger partial charge in [-0.2, -0.15) is 0 Å². The number of hydrogen-bond donors (Lipinski definition) is 0. The maximum Gasteiger partial charge on any atom is 0.166 e. The number of hydrogen-bond acceptors (Lipinski definition) is 4. The Kier molecular flexibility index (Phi) is 5.41. The molecule has 1 saturated heterocycles. The highest BCUT2D eigenvalue weighted by molar-refractivity contribution is 5.98. The normalized spacial score (nSPS) is 21.1. The van der Waals surface area contributed by atoms with Crippen LogP contribution in [0.2, 0.25) is 0 Å². The number of carbonyl (C=O) groups excluding carboxylic acids is 2. The number of rotatable bonds is 5. The van der Waals surface area contributed by atoms with Gasteiger partial charge in [0, 0.05) is 53.6 Å². The van der Waals surface area contributed by atoms with Gasteiger partial charge in [0.2, 0.25) is 0 Å². The SMILES string of the molecule is O=Cc1cccc(-c2ccc(C3Cc4cc(C(=O)C5CCOCC5)ccc4C4(CC4)C3)nc2)c1. The maximum atomic E-state index is 13.1. The second-order valence-corrected chi connectivity index (χ2v) is 10.2. The third kappa shape index (κ3) is 3.90. The van der Waals surface area contributed by atoms with Gasteiger partial charge in [-0.25, -0.2) is 0 Å². The zero-order chi connectivity index (χ0) is 23.1. The van der Waals surface area contributed by atoms with Crippen molar-refractivity contribution in [2.75, 3.05) is 13.2 Å². The van der Waals surface area contributed by atoms with E-state index in [0.29, 0.717) is 24.7 Å². The molecule has 2 fully saturated rings. The molecule has 6 rings (SSSR count). The van der Waals surface area contributed by atoms with E-state index in [0.717, 1.165) is 54.4 Å². The fourth-order valence-electron chi connectivity index (χ4n) is 5.99. The number of pyridine rings is 1. The Morgan fingerprint density at radius 1 is 1.00 bits per heavy atom. The number of fused-ring (bicyclic) bond motifs is 2. The van der Waals surface area contributed by atoms with Crippen LogP contribution >= 0.6 is 0 Å². The van der Waals surface area contributed by atoms with Crippen molar-refractivity contribution in [3.05, 3.63) is 88.7 Å². The lowest BCUT2D eigenvalue weighted by atomic mass is 9.72. The van der Waals surface area contributed by atoms with Gasteiger partial charge in [-0.1, -0.05) is 36.4 Å². The Morgan fingerprint density at radius 2 is 1.85 bits per heavy atom. The summed E-state index contributed by atoms with van der Waals surface area (Å²) in [6.45, 7) is 1.38. The fourth-order valence-corrected chi connectivity index (χ4v) is 5.99. The van der Waals surface area contributed by atoms with Crippen LogP contribution in [0.3, 0.4) is 0 Å². The molecule has 2 aliphatic carbocycles. The van der Waals surface area contributed by atoms with Crippen molar-refractivity contribution in [3.63, 3.8) is 0 Å². The molecule has 0 bridgehead atoms. The van der Waals surface area contributed by atoms with E-state index in [-0.39, 0.29) is 17.1 Å². The molecule has 4 nitrogen and oxygen atoms in total. The highest BCUT2D eigenvalue weighted by atomic mass is 16.5. The Balaban J connectivity index is 1.26. The number of benzene rings is 2. The van der Waals surface area contributed by atoms with Gasteiger partial charge in [0.05, 0.1) is 0 Å². The molecule has 1 atom stereocenters. The van der Waals surface area contributed by atoms with Gasteiger partial charge in [0.15, 0.2) is 5.78 Å². The third-order valence-corrected chi connectivity index (χ3v) is 8.07. The molecular weight excluding hydrogens is 422 g/mol. The van der Waals surface area contributed by atoms with Gasteiger partial charge in [-0.15, -0.1) is 0 Å². The van der Waals surface area contributed by atoms with Crippen LogP contribution in [0.15, 0.2) is 60.8 Å². The Morgan fingerprint density at radius 3 is 2.59 bits per heavy atom. The third-order valence-electron chi connectivity index (χ3n) is 8.07. The minimum absolute atomic E-state index is 0.0907. The van der Waals surface area contributed by atoms with Gasteiger partial charge >= 0.3 is 0 Å². The predicted octanol–water partition coefficient (Wildman–Crippen LogP) is 5.93. The molecule has 1 aliphatic heterocycles. The summed E-state index contributed by atoms with van der Waals surface area (Å²) >= 11 is 0. The number of ketones is 1. The molecule has 172 valence electrons. The van der Waals surface area contributed by atoms with Crippen LogP contribution in [0.5, 0.6) is 0 Å². The molecule has 1 saturated carbocycles. The first kappa shape index (κ1) is 21.4. The highest BCUT2D eigenvalue weighted by Gasteiger charge is 2.49. The first-order valence-corrected chi connectivity index (χ1v) is 12.4. The van der Waals surface area contributed by atoms with E-state index in [1.807, 2.05) is 30.5 Å². The first-order valence-electron chi connectivity index (χ1n) is 12.4. The quantitative estimate of drug-likeness (QED) is 0.356. The molecule has 1 spiro atoms. The minimum atomic E-state index is 0.0907. The van der Waals surface area contributed by atoms with Crippen LogP contribution in [-0.4, -0.2) is 30.3 Å². The molecule has 2 aromatic carbocycles. The van der Waals surface area contributed by atoms with Gasteiger partial charge in [-0.05, 0) is 78.8 Å². The standard InChI is InChI=1S/C30H29NO3/c32-19-20-2-1-3-22(14-20)24-5-7-28(31-18-24)26-16-25-15-23(29(33)21-8-12-34-13-9-21)4-6-27(25)30(17-26)10-11-30/h1-7,14-15,18-19,21,26H,8-13,16-17H2. The monoisotopic (exact) mass is 451 g/mol. The lowest BCUT2D eigenvalue weighted by molar-refractivity contribution is 0.0545. The molecule has 1 aromatic heterocycles. The minimum Gasteiger partial charge on any atom is -0.381 e.